The number of non-ortho nitro benzene ring substituents is 1. The lowest BCUT2D eigenvalue weighted by Gasteiger charge is -2.18. The predicted molar refractivity (Wildman–Crippen MR) is 99.8 cm³/mol. The van der Waals surface area contributed by atoms with E-state index in [2.05, 4.69) is 5.10 Å². The Kier molecular flexibility index (Phi) is 4.22. The van der Waals surface area contributed by atoms with Crippen LogP contribution in [-0.2, 0) is 5.75 Å². The highest BCUT2D eigenvalue weighted by Gasteiger charge is 2.29. The number of thioether (sulfide) groups is 1. The number of nitro benzene ring substituents is 1. The fourth-order valence-corrected chi connectivity index (χ4v) is 4.15. The van der Waals surface area contributed by atoms with Gasteiger partial charge >= 0.3 is 0 Å². The molecule has 0 spiro atoms. The maximum absolute atomic E-state index is 12.4. The van der Waals surface area contributed by atoms with Gasteiger partial charge < -0.3 is 0 Å². The summed E-state index contributed by atoms with van der Waals surface area (Å²) >= 11 is 1.62. The quantitative estimate of drug-likeness (QED) is 0.385. The Morgan fingerprint density at radius 3 is 2.70 bits per heavy atom. The summed E-state index contributed by atoms with van der Waals surface area (Å²) in [5.74, 6) is 0.251. The molecule has 0 radical (unpaired) electrons. The van der Waals surface area contributed by atoms with E-state index in [-0.39, 0.29) is 23.6 Å². The molecule has 4 rings (SSSR count). The van der Waals surface area contributed by atoms with E-state index in [9.17, 15) is 14.9 Å². The van der Waals surface area contributed by atoms with Gasteiger partial charge in [0.25, 0.3) is 5.69 Å². The lowest BCUT2D eigenvalue weighted by atomic mass is 10.0. The second-order valence-corrected chi connectivity index (χ2v) is 6.92. The summed E-state index contributed by atoms with van der Waals surface area (Å²) in [6.07, 6.45) is -0.240. The van der Waals surface area contributed by atoms with Crippen LogP contribution in [-0.4, -0.2) is 20.5 Å². The third kappa shape index (κ3) is 2.88. The average molecular weight is 376 g/mol. The minimum absolute atomic E-state index is 0.0171. The van der Waals surface area contributed by atoms with Gasteiger partial charge in [-0.15, -0.1) is 11.8 Å². The van der Waals surface area contributed by atoms with Crippen molar-refractivity contribution in [1.29, 1.82) is 5.26 Å². The second-order valence-electron chi connectivity index (χ2n) is 5.90. The molecule has 8 heteroatoms. The molecule has 0 saturated heterocycles. The summed E-state index contributed by atoms with van der Waals surface area (Å²) in [6.45, 7) is 0. The van der Waals surface area contributed by atoms with Gasteiger partial charge in [-0.2, -0.15) is 10.4 Å². The Morgan fingerprint density at radius 1 is 1.26 bits per heavy atom. The largest absolute Gasteiger partial charge is 0.291 e. The number of hydrogen-bond donors (Lipinski definition) is 0. The van der Waals surface area contributed by atoms with Gasteiger partial charge in [-0.3, -0.25) is 14.9 Å². The number of hydrogen-bond acceptors (Lipinski definition) is 6. The minimum atomic E-state index is -0.462. The van der Waals surface area contributed by atoms with Crippen LogP contribution in [0.1, 0.15) is 22.5 Å². The van der Waals surface area contributed by atoms with Gasteiger partial charge in [-0.05, 0) is 18.2 Å². The third-order valence-electron chi connectivity index (χ3n) is 4.31. The number of benzene rings is 2. The first-order valence-electron chi connectivity index (χ1n) is 8.09. The van der Waals surface area contributed by atoms with Gasteiger partial charge in [0.1, 0.15) is 12.1 Å². The number of nitriles is 1. The van der Waals surface area contributed by atoms with Crippen LogP contribution in [0.5, 0.6) is 0 Å². The molecule has 1 aliphatic rings. The Balaban J connectivity index is 1.93. The van der Waals surface area contributed by atoms with E-state index in [4.69, 9.17) is 5.26 Å². The lowest BCUT2D eigenvalue weighted by molar-refractivity contribution is -0.384. The number of nitro groups is 1. The number of Topliss-reactive ketones (excluding diaryl/α,β-unsaturated/α-hetero) is 1. The van der Waals surface area contributed by atoms with Crippen molar-refractivity contribution in [2.24, 2.45) is 0 Å². The Morgan fingerprint density at radius 2 is 2.00 bits per heavy atom. The zero-order chi connectivity index (χ0) is 19.0. The molecule has 2 heterocycles. The number of nitrogens with zero attached hydrogens (tertiary/aromatic N) is 4. The topological polar surface area (TPSA) is 102 Å². The van der Waals surface area contributed by atoms with Crippen molar-refractivity contribution in [2.45, 2.75) is 17.1 Å². The van der Waals surface area contributed by atoms with Crippen LogP contribution < -0.4 is 0 Å². The molecular formula is C19H12N4O3S. The molecule has 0 atom stereocenters. The van der Waals surface area contributed by atoms with E-state index < -0.39 is 4.92 Å². The van der Waals surface area contributed by atoms with Crippen LogP contribution in [0.3, 0.4) is 0 Å². The molecule has 3 aromatic rings. The Bertz CT molecular complexity index is 1110. The van der Waals surface area contributed by atoms with E-state index in [0.29, 0.717) is 11.4 Å². The Hall–Kier alpha value is -3.44. The number of carbonyl (C=O) groups excluding carboxylic acids is 1. The van der Waals surface area contributed by atoms with Crippen LogP contribution in [0.15, 0.2) is 53.4 Å². The first kappa shape index (κ1) is 17.0. The summed E-state index contributed by atoms with van der Waals surface area (Å²) in [7, 11) is 0. The lowest BCUT2D eigenvalue weighted by Crippen LogP contribution is -2.03. The number of carbonyl (C=O) groups is 1. The van der Waals surface area contributed by atoms with Crippen molar-refractivity contribution in [3.63, 3.8) is 0 Å². The molecule has 7 nitrogen and oxygen atoms in total. The molecule has 1 aliphatic heterocycles. The molecule has 0 N–H and O–H groups in total. The SMILES string of the molecule is N#CCC(=O)c1nn(-c2ccc([N+](=O)[O-])cc2)c2c1CSc1ccccc1-2. The summed E-state index contributed by atoms with van der Waals surface area (Å²) in [4.78, 5) is 23.9. The van der Waals surface area contributed by atoms with Crippen molar-refractivity contribution < 1.29 is 9.72 Å². The van der Waals surface area contributed by atoms with Crippen molar-refractivity contribution >= 4 is 23.2 Å². The van der Waals surface area contributed by atoms with Gasteiger partial charge in [-0.25, -0.2) is 4.68 Å². The van der Waals surface area contributed by atoms with Crippen molar-refractivity contribution in [3.05, 3.63) is 69.9 Å². The molecular weight excluding hydrogens is 364 g/mol. The highest BCUT2D eigenvalue weighted by molar-refractivity contribution is 7.98. The van der Waals surface area contributed by atoms with Gasteiger partial charge in [0, 0.05) is 33.9 Å². The second kappa shape index (κ2) is 6.70. The Labute approximate surface area is 158 Å². The fourth-order valence-electron chi connectivity index (χ4n) is 3.08. The van der Waals surface area contributed by atoms with Crippen LogP contribution in [0.25, 0.3) is 16.9 Å². The van der Waals surface area contributed by atoms with Crippen molar-refractivity contribution in [3.8, 4) is 23.0 Å². The summed E-state index contributed by atoms with van der Waals surface area (Å²) < 4.78 is 1.64. The van der Waals surface area contributed by atoms with Crippen LogP contribution in [0, 0.1) is 21.4 Å². The number of aromatic nitrogens is 2. The summed E-state index contributed by atoms with van der Waals surface area (Å²) in [6, 6.07) is 15.7. The number of ketones is 1. The monoisotopic (exact) mass is 376 g/mol. The summed E-state index contributed by atoms with van der Waals surface area (Å²) in [5, 5.41) is 24.3. The third-order valence-corrected chi connectivity index (χ3v) is 5.41. The van der Waals surface area contributed by atoms with E-state index in [0.717, 1.165) is 21.7 Å². The molecule has 0 amide bonds. The molecule has 2 aromatic carbocycles. The number of rotatable bonds is 4. The molecule has 0 bridgehead atoms. The van der Waals surface area contributed by atoms with Gasteiger partial charge in [0.05, 0.1) is 22.4 Å². The van der Waals surface area contributed by atoms with Gasteiger partial charge in [0.15, 0.2) is 5.78 Å². The van der Waals surface area contributed by atoms with Crippen LogP contribution in [0.4, 0.5) is 5.69 Å². The van der Waals surface area contributed by atoms with E-state index in [1.165, 1.54) is 12.1 Å². The molecule has 132 valence electrons. The molecule has 0 aliphatic carbocycles. The first-order chi connectivity index (χ1) is 13.1. The van der Waals surface area contributed by atoms with Crippen LogP contribution in [0.2, 0.25) is 0 Å². The fraction of sp³-hybridized carbons (Fsp3) is 0.105. The molecule has 0 fully saturated rings. The zero-order valence-corrected chi connectivity index (χ0v) is 14.8. The molecule has 0 unspecified atom stereocenters. The predicted octanol–water partition coefficient (Wildman–Crippen LogP) is 4.15. The summed E-state index contributed by atoms with van der Waals surface area (Å²) in [5.41, 5.74) is 3.42. The van der Waals surface area contributed by atoms with E-state index in [1.54, 1.807) is 28.6 Å². The van der Waals surface area contributed by atoms with Crippen LogP contribution >= 0.6 is 11.8 Å². The highest BCUT2D eigenvalue weighted by Crippen LogP contribution is 2.43. The maximum atomic E-state index is 12.4. The molecule has 27 heavy (non-hydrogen) atoms. The molecule has 1 aromatic heterocycles. The normalized spacial score (nSPS) is 12.0. The van der Waals surface area contributed by atoms with Crippen molar-refractivity contribution in [1.82, 2.24) is 9.78 Å². The maximum Gasteiger partial charge on any atom is 0.269 e. The van der Waals surface area contributed by atoms with Crippen molar-refractivity contribution in [2.75, 3.05) is 0 Å². The number of fused-ring (bicyclic) bond motifs is 3. The smallest absolute Gasteiger partial charge is 0.269 e. The average Bonchev–Trinajstić information content (AvgIpc) is 3.08. The minimum Gasteiger partial charge on any atom is -0.291 e. The van der Waals surface area contributed by atoms with E-state index in [1.807, 2.05) is 30.3 Å². The molecule has 0 saturated carbocycles. The highest BCUT2D eigenvalue weighted by atomic mass is 32.2. The zero-order valence-electron chi connectivity index (χ0n) is 14.0. The first-order valence-corrected chi connectivity index (χ1v) is 9.08. The van der Waals surface area contributed by atoms with Gasteiger partial charge in [-0.1, -0.05) is 18.2 Å². The van der Waals surface area contributed by atoms with Gasteiger partial charge in [0.2, 0.25) is 0 Å². The van der Waals surface area contributed by atoms with E-state index >= 15 is 0 Å². The standard InChI is InChI=1S/C19H12N4O3S/c20-10-9-16(24)18-15-11-27-17-4-2-1-3-14(17)19(15)22(21-18)12-5-7-13(8-6-12)23(25)26/h1-8H,9,11H2.